The Morgan fingerprint density at radius 2 is 2.05 bits per heavy atom. The Morgan fingerprint density at radius 3 is 2.62 bits per heavy atom. The van der Waals surface area contributed by atoms with Crippen molar-refractivity contribution in [3.8, 4) is 0 Å². The maximum Gasteiger partial charge on any atom is 0.143 e. The second-order valence-electron chi connectivity index (χ2n) is 6.74. The predicted octanol–water partition coefficient (Wildman–Crippen LogP) is 3.46. The highest BCUT2D eigenvalue weighted by Gasteiger charge is 2.48. The zero-order valence-corrected chi connectivity index (χ0v) is 13.1. The van der Waals surface area contributed by atoms with Crippen LogP contribution in [-0.2, 0) is 12.5 Å². The summed E-state index contributed by atoms with van der Waals surface area (Å²) < 4.78 is 2.04. The predicted molar refractivity (Wildman–Crippen MR) is 81.4 cm³/mol. The molecule has 2 saturated carbocycles. The number of halogens is 1. The van der Waals surface area contributed by atoms with Crippen molar-refractivity contribution in [3.63, 3.8) is 0 Å². The Balaban J connectivity index is 1.83. The Bertz CT molecular complexity index is 683. The molecule has 0 aliphatic heterocycles. The molecule has 5 heteroatoms. The van der Waals surface area contributed by atoms with Crippen LogP contribution in [0.25, 0.3) is 0 Å². The molecule has 110 valence electrons. The highest BCUT2D eigenvalue weighted by Crippen LogP contribution is 2.52. The summed E-state index contributed by atoms with van der Waals surface area (Å²) in [5.41, 5.74) is 2.37. The zero-order chi connectivity index (χ0) is 14.6. The van der Waals surface area contributed by atoms with Crippen molar-refractivity contribution in [3.05, 3.63) is 40.7 Å². The van der Waals surface area contributed by atoms with E-state index in [0.717, 1.165) is 24.4 Å². The van der Waals surface area contributed by atoms with Crippen LogP contribution in [0, 0.1) is 5.92 Å². The van der Waals surface area contributed by atoms with Crippen LogP contribution in [0.5, 0.6) is 0 Å². The van der Waals surface area contributed by atoms with Crippen molar-refractivity contribution in [2.75, 3.05) is 0 Å². The average Bonchev–Trinajstić information content (AvgIpc) is 3.17. The Morgan fingerprint density at radius 1 is 1.29 bits per heavy atom. The maximum atomic E-state index is 6.29. The van der Waals surface area contributed by atoms with Crippen molar-refractivity contribution in [1.82, 2.24) is 19.7 Å². The van der Waals surface area contributed by atoms with Gasteiger partial charge in [-0.25, -0.2) is 4.98 Å². The summed E-state index contributed by atoms with van der Waals surface area (Å²) in [7, 11) is 2.02. The number of aryl methyl sites for hydroxylation is 1. The molecular formula is C16H19ClN4. The van der Waals surface area contributed by atoms with E-state index in [1.807, 2.05) is 17.7 Å². The number of pyridine rings is 1. The zero-order valence-electron chi connectivity index (χ0n) is 12.4. The molecule has 21 heavy (non-hydrogen) atoms. The molecule has 2 aromatic heterocycles. The van der Waals surface area contributed by atoms with E-state index < -0.39 is 0 Å². The van der Waals surface area contributed by atoms with Gasteiger partial charge in [-0.1, -0.05) is 18.5 Å². The topological polar surface area (TPSA) is 43.6 Å². The van der Waals surface area contributed by atoms with Gasteiger partial charge in [-0.05, 0) is 49.3 Å². The van der Waals surface area contributed by atoms with Gasteiger partial charge in [0.15, 0.2) is 0 Å². The lowest BCUT2D eigenvalue weighted by molar-refractivity contribution is 0.185. The second-order valence-corrected chi connectivity index (χ2v) is 7.13. The molecule has 0 atom stereocenters. The van der Waals surface area contributed by atoms with E-state index in [9.17, 15) is 0 Å². The summed E-state index contributed by atoms with van der Waals surface area (Å²) in [4.78, 5) is 4.51. The first-order chi connectivity index (χ1) is 10.1. The van der Waals surface area contributed by atoms with Crippen molar-refractivity contribution in [2.24, 2.45) is 13.0 Å². The molecular weight excluding hydrogens is 284 g/mol. The summed E-state index contributed by atoms with van der Waals surface area (Å²) in [6.45, 7) is 2.29. The normalized spacial score (nSPS) is 28.4. The van der Waals surface area contributed by atoms with Gasteiger partial charge < -0.3 is 4.57 Å². The molecule has 0 spiro atoms. The molecule has 4 rings (SSSR count). The molecule has 0 aromatic carbocycles. The lowest BCUT2D eigenvalue weighted by atomic mass is 9.58. The summed E-state index contributed by atoms with van der Waals surface area (Å²) in [6.07, 6.45) is 6.46. The molecule has 0 saturated heterocycles. The largest absolute Gasteiger partial charge is 0.320 e. The van der Waals surface area contributed by atoms with Gasteiger partial charge in [0.1, 0.15) is 17.3 Å². The Labute approximate surface area is 129 Å². The van der Waals surface area contributed by atoms with Gasteiger partial charge >= 0.3 is 0 Å². The van der Waals surface area contributed by atoms with Crippen molar-refractivity contribution >= 4 is 11.6 Å². The average molecular weight is 303 g/mol. The van der Waals surface area contributed by atoms with Crippen LogP contribution >= 0.6 is 11.6 Å². The SMILES string of the molecule is CC1CC(c2cc(Cl)nc(C3CC3)c2)(c2nncn2C)C1. The molecule has 2 aliphatic rings. The van der Waals surface area contributed by atoms with Gasteiger partial charge in [-0.2, -0.15) is 0 Å². The minimum Gasteiger partial charge on any atom is -0.320 e. The molecule has 2 fully saturated rings. The van der Waals surface area contributed by atoms with Crippen molar-refractivity contribution in [1.29, 1.82) is 0 Å². The lowest BCUT2D eigenvalue weighted by Gasteiger charge is -2.46. The fourth-order valence-electron chi connectivity index (χ4n) is 3.78. The fourth-order valence-corrected chi connectivity index (χ4v) is 3.99. The molecule has 0 N–H and O–H groups in total. The quantitative estimate of drug-likeness (QED) is 0.816. The van der Waals surface area contributed by atoms with Crippen LogP contribution in [0.3, 0.4) is 0 Å². The first-order valence-electron chi connectivity index (χ1n) is 7.61. The molecule has 0 radical (unpaired) electrons. The summed E-state index contributed by atoms with van der Waals surface area (Å²) >= 11 is 6.29. The van der Waals surface area contributed by atoms with Crippen LogP contribution in [-0.4, -0.2) is 19.7 Å². The molecule has 2 heterocycles. The molecule has 0 amide bonds. The third-order valence-corrected chi connectivity index (χ3v) is 5.09. The molecule has 4 nitrogen and oxygen atoms in total. The number of hydrogen-bond acceptors (Lipinski definition) is 3. The first-order valence-corrected chi connectivity index (χ1v) is 7.99. The van der Waals surface area contributed by atoms with E-state index in [2.05, 4.69) is 28.2 Å². The van der Waals surface area contributed by atoms with Gasteiger partial charge in [-0.3, -0.25) is 0 Å². The van der Waals surface area contributed by atoms with Crippen LogP contribution in [0.4, 0.5) is 0 Å². The van der Waals surface area contributed by atoms with E-state index >= 15 is 0 Å². The highest BCUT2D eigenvalue weighted by molar-refractivity contribution is 6.29. The van der Waals surface area contributed by atoms with Gasteiger partial charge in [0.05, 0.1) is 5.41 Å². The van der Waals surface area contributed by atoms with Crippen LogP contribution in [0.1, 0.15) is 55.6 Å². The summed E-state index contributed by atoms with van der Waals surface area (Å²) in [5, 5.41) is 9.07. The third kappa shape index (κ3) is 2.08. The van der Waals surface area contributed by atoms with Gasteiger partial charge in [0.25, 0.3) is 0 Å². The standard InChI is InChI=1S/C16H19ClN4/c1-10-7-16(8-10,15-20-18-9-21(15)2)12-5-13(11-3-4-11)19-14(17)6-12/h5-6,9-11H,3-4,7-8H2,1-2H3. The van der Waals surface area contributed by atoms with E-state index in [0.29, 0.717) is 17.0 Å². The van der Waals surface area contributed by atoms with Crippen molar-refractivity contribution < 1.29 is 0 Å². The van der Waals surface area contributed by atoms with Crippen LogP contribution < -0.4 is 0 Å². The monoisotopic (exact) mass is 302 g/mol. The third-order valence-electron chi connectivity index (χ3n) is 4.90. The van der Waals surface area contributed by atoms with Gasteiger partial charge in [0, 0.05) is 18.7 Å². The molecule has 2 aromatic rings. The fraction of sp³-hybridized carbons (Fsp3) is 0.562. The smallest absolute Gasteiger partial charge is 0.143 e. The molecule has 2 aliphatic carbocycles. The molecule has 0 bridgehead atoms. The Hall–Kier alpha value is -1.42. The molecule has 0 unspecified atom stereocenters. The summed E-state index contributed by atoms with van der Waals surface area (Å²) in [5.74, 6) is 2.36. The number of hydrogen-bond donors (Lipinski definition) is 0. The van der Waals surface area contributed by atoms with E-state index in [4.69, 9.17) is 11.6 Å². The Kier molecular flexibility index (Phi) is 2.86. The van der Waals surface area contributed by atoms with Gasteiger partial charge in [-0.15, -0.1) is 10.2 Å². The van der Waals surface area contributed by atoms with Gasteiger partial charge in [0.2, 0.25) is 0 Å². The highest BCUT2D eigenvalue weighted by atomic mass is 35.5. The van der Waals surface area contributed by atoms with Crippen molar-refractivity contribution in [2.45, 2.75) is 43.9 Å². The minimum absolute atomic E-state index is 0.0408. The lowest BCUT2D eigenvalue weighted by Crippen LogP contribution is -2.43. The maximum absolute atomic E-state index is 6.29. The summed E-state index contributed by atoms with van der Waals surface area (Å²) in [6, 6.07) is 4.28. The second kappa shape index (κ2) is 4.54. The van der Waals surface area contributed by atoms with Crippen LogP contribution in [0.2, 0.25) is 5.15 Å². The van der Waals surface area contributed by atoms with E-state index in [1.54, 1.807) is 6.33 Å². The van der Waals surface area contributed by atoms with E-state index in [-0.39, 0.29) is 5.41 Å². The van der Waals surface area contributed by atoms with E-state index in [1.165, 1.54) is 18.4 Å². The minimum atomic E-state index is -0.0408. The number of nitrogens with zero attached hydrogens (tertiary/aromatic N) is 4. The first kappa shape index (κ1) is 13.3. The number of rotatable bonds is 3. The number of aromatic nitrogens is 4. The van der Waals surface area contributed by atoms with Crippen LogP contribution in [0.15, 0.2) is 18.5 Å².